The number of ether oxygens (including phenoxy) is 3. The van der Waals surface area contributed by atoms with Gasteiger partial charge in [-0.1, -0.05) is 12.1 Å². The molecule has 3 rings (SSSR count). The highest BCUT2D eigenvalue weighted by atomic mass is 32.2. The molecule has 0 bridgehead atoms. The van der Waals surface area contributed by atoms with Crippen molar-refractivity contribution in [2.75, 3.05) is 27.8 Å². The highest BCUT2D eigenvalue weighted by molar-refractivity contribution is 7.93. The van der Waals surface area contributed by atoms with Crippen LogP contribution in [0.2, 0.25) is 0 Å². The number of benzene rings is 2. The maximum absolute atomic E-state index is 13.0. The van der Waals surface area contributed by atoms with Gasteiger partial charge in [-0.3, -0.25) is 0 Å². The summed E-state index contributed by atoms with van der Waals surface area (Å²) < 4.78 is 67.2. The van der Waals surface area contributed by atoms with E-state index in [4.69, 9.17) is 9.47 Å². The SMILES string of the molecule is COc1ccc(CCN(C)S(=O)(=O)C2=Cc3ccc(OC(F)F)cc3CC2)cc1OC. The Hall–Kier alpha value is -2.65. The summed E-state index contributed by atoms with van der Waals surface area (Å²) >= 11 is 0. The number of halogens is 2. The number of allylic oxidation sites excluding steroid dienone is 1. The van der Waals surface area contributed by atoms with Gasteiger partial charge in [0.15, 0.2) is 11.5 Å². The summed E-state index contributed by atoms with van der Waals surface area (Å²) in [6.07, 6.45) is 2.85. The van der Waals surface area contributed by atoms with Gasteiger partial charge in [-0.15, -0.1) is 0 Å². The van der Waals surface area contributed by atoms with Crippen molar-refractivity contribution in [3.05, 3.63) is 58.0 Å². The number of rotatable bonds is 9. The average Bonchev–Trinajstić information content (AvgIpc) is 2.76. The number of sulfonamides is 1. The Kier molecular flexibility index (Phi) is 7.17. The van der Waals surface area contributed by atoms with Crippen molar-refractivity contribution in [2.24, 2.45) is 0 Å². The number of aryl methyl sites for hydroxylation is 1. The fourth-order valence-electron chi connectivity index (χ4n) is 3.47. The largest absolute Gasteiger partial charge is 0.493 e. The first-order valence-electron chi connectivity index (χ1n) is 9.70. The standard InChI is InChI=1S/C22H25F2NO5S/c1-25(11-10-15-4-9-20(28-2)21(12-15)29-3)31(26,27)19-8-6-16-13-18(30-22(23)24)7-5-17(16)14-19/h4-5,7,9,12-14,22H,6,8,10-11H2,1-3H3. The van der Waals surface area contributed by atoms with Crippen LogP contribution >= 0.6 is 0 Å². The average molecular weight is 454 g/mol. The highest BCUT2D eigenvalue weighted by Crippen LogP contribution is 2.32. The molecule has 0 atom stereocenters. The molecule has 0 saturated heterocycles. The number of alkyl halides is 2. The molecule has 0 radical (unpaired) electrons. The molecule has 168 valence electrons. The lowest BCUT2D eigenvalue weighted by Crippen LogP contribution is -2.30. The van der Waals surface area contributed by atoms with E-state index in [-0.39, 0.29) is 5.75 Å². The molecule has 0 unspecified atom stereocenters. The number of nitrogens with zero attached hydrogens (tertiary/aromatic N) is 1. The zero-order chi connectivity index (χ0) is 22.6. The molecule has 0 fully saturated rings. The number of hydrogen-bond donors (Lipinski definition) is 0. The normalized spacial score (nSPS) is 13.7. The molecule has 1 aliphatic carbocycles. The minimum atomic E-state index is -3.65. The first kappa shape index (κ1) is 23.0. The van der Waals surface area contributed by atoms with Gasteiger partial charge in [-0.25, -0.2) is 12.7 Å². The molecule has 2 aromatic carbocycles. The highest BCUT2D eigenvalue weighted by Gasteiger charge is 2.26. The molecule has 2 aromatic rings. The summed E-state index contributed by atoms with van der Waals surface area (Å²) in [5.41, 5.74) is 2.40. The number of likely N-dealkylation sites (N-methyl/N-ethyl adjacent to an activating group) is 1. The van der Waals surface area contributed by atoms with Crippen molar-refractivity contribution in [1.82, 2.24) is 4.31 Å². The van der Waals surface area contributed by atoms with E-state index in [0.29, 0.717) is 47.8 Å². The Labute approximate surface area is 181 Å². The van der Waals surface area contributed by atoms with Gasteiger partial charge in [0.2, 0.25) is 10.0 Å². The van der Waals surface area contributed by atoms with Gasteiger partial charge < -0.3 is 14.2 Å². The van der Waals surface area contributed by atoms with Crippen molar-refractivity contribution in [3.63, 3.8) is 0 Å². The zero-order valence-electron chi connectivity index (χ0n) is 17.6. The Morgan fingerprint density at radius 3 is 2.45 bits per heavy atom. The van der Waals surface area contributed by atoms with Crippen LogP contribution in [0.3, 0.4) is 0 Å². The van der Waals surface area contributed by atoms with Crippen LogP contribution in [-0.4, -0.2) is 47.1 Å². The van der Waals surface area contributed by atoms with Gasteiger partial charge >= 0.3 is 6.61 Å². The van der Waals surface area contributed by atoms with Crippen LogP contribution in [0.1, 0.15) is 23.1 Å². The molecule has 0 N–H and O–H groups in total. The van der Waals surface area contributed by atoms with Crippen molar-refractivity contribution in [3.8, 4) is 17.2 Å². The molecule has 0 spiro atoms. The molecule has 0 aliphatic heterocycles. The predicted molar refractivity (Wildman–Crippen MR) is 114 cm³/mol. The second-order valence-electron chi connectivity index (χ2n) is 7.12. The third-order valence-electron chi connectivity index (χ3n) is 5.20. The van der Waals surface area contributed by atoms with E-state index < -0.39 is 16.6 Å². The molecule has 0 amide bonds. The van der Waals surface area contributed by atoms with Crippen LogP contribution in [0.4, 0.5) is 8.78 Å². The Morgan fingerprint density at radius 2 is 1.77 bits per heavy atom. The summed E-state index contributed by atoms with van der Waals surface area (Å²) in [5.74, 6) is 1.27. The quantitative estimate of drug-likeness (QED) is 0.572. The molecule has 9 heteroatoms. The van der Waals surface area contributed by atoms with Crippen molar-refractivity contribution in [1.29, 1.82) is 0 Å². The second-order valence-corrected chi connectivity index (χ2v) is 9.21. The van der Waals surface area contributed by atoms with E-state index in [1.807, 2.05) is 12.1 Å². The summed E-state index contributed by atoms with van der Waals surface area (Å²) in [6.45, 7) is -2.60. The maximum atomic E-state index is 13.0. The van der Waals surface area contributed by atoms with Crippen molar-refractivity contribution >= 4 is 16.1 Å². The fourth-order valence-corrected chi connectivity index (χ4v) is 4.83. The number of hydrogen-bond acceptors (Lipinski definition) is 5. The Morgan fingerprint density at radius 1 is 1.03 bits per heavy atom. The van der Waals surface area contributed by atoms with Gasteiger partial charge in [0, 0.05) is 13.6 Å². The van der Waals surface area contributed by atoms with E-state index in [9.17, 15) is 17.2 Å². The minimum Gasteiger partial charge on any atom is -0.493 e. The van der Waals surface area contributed by atoms with Crippen molar-refractivity contribution < 1.29 is 31.4 Å². The fraction of sp³-hybridized carbons (Fsp3) is 0.364. The molecule has 31 heavy (non-hydrogen) atoms. The molecule has 6 nitrogen and oxygen atoms in total. The maximum Gasteiger partial charge on any atom is 0.387 e. The number of fused-ring (bicyclic) bond motifs is 1. The Bertz CT molecular complexity index is 1070. The minimum absolute atomic E-state index is 0.0699. The van der Waals surface area contributed by atoms with E-state index in [1.165, 1.54) is 16.4 Å². The van der Waals surface area contributed by atoms with Crippen LogP contribution in [0.15, 0.2) is 41.3 Å². The Balaban J connectivity index is 1.72. The third-order valence-corrected chi connectivity index (χ3v) is 7.19. The van der Waals surface area contributed by atoms with E-state index >= 15 is 0 Å². The van der Waals surface area contributed by atoms with E-state index in [0.717, 1.165) is 11.1 Å². The predicted octanol–water partition coefficient (Wildman–Crippen LogP) is 4.10. The topological polar surface area (TPSA) is 65.1 Å². The molecular formula is C22H25F2NO5S. The molecule has 1 aliphatic rings. The first-order valence-corrected chi connectivity index (χ1v) is 11.1. The van der Waals surface area contributed by atoms with E-state index in [2.05, 4.69) is 4.74 Å². The molecule has 0 saturated carbocycles. The van der Waals surface area contributed by atoms with Crippen molar-refractivity contribution in [2.45, 2.75) is 25.9 Å². The monoisotopic (exact) mass is 453 g/mol. The van der Waals surface area contributed by atoms with Gasteiger partial charge in [0.25, 0.3) is 0 Å². The lowest BCUT2D eigenvalue weighted by Gasteiger charge is -2.23. The summed E-state index contributed by atoms with van der Waals surface area (Å²) in [7, 11) is 1.01. The molecular weight excluding hydrogens is 428 g/mol. The summed E-state index contributed by atoms with van der Waals surface area (Å²) in [5, 5.41) is 0. The lowest BCUT2D eigenvalue weighted by atomic mass is 9.97. The second kappa shape index (κ2) is 9.65. The van der Waals surface area contributed by atoms with Crippen LogP contribution in [0.5, 0.6) is 17.2 Å². The summed E-state index contributed by atoms with van der Waals surface area (Å²) in [6, 6.07) is 10.0. The smallest absolute Gasteiger partial charge is 0.387 e. The van der Waals surface area contributed by atoms with Crippen LogP contribution in [0, 0.1) is 0 Å². The van der Waals surface area contributed by atoms with Gasteiger partial charge in [0.1, 0.15) is 5.75 Å². The van der Waals surface area contributed by atoms with Crippen LogP contribution in [0.25, 0.3) is 6.08 Å². The van der Waals surface area contributed by atoms with Gasteiger partial charge in [-0.05, 0) is 66.3 Å². The van der Waals surface area contributed by atoms with Crippen LogP contribution in [-0.2, 0) is 22.9 Å². The van der Waals surface area contributed by atoms with Gasteiger partial charge in [0.05, 0.1) is 19.1 Å². The first-order chi connectivity index (χ1) is 14.7. The number of methoxy groups -OCH3 is 2. The third kappa shape index (κ3) is 5.34. The lowest BCUT2D eigenvalue weighted by molar-refractivity contribution is -0.0498. The van der Waals surface area contributed by atoms with E-state index in [1.54, 1.807) is 39.5 Å². The van der Waals surface area contributed by atoms with Gasteiger partial charge in [-0.2, -0.15) is 8.78 Å². The molecule has 0 aromatic heterocycles. The zero-order valence-corrected chi connectivity index (χ0v) is 18.4. The summed E-state index contributed by atoms with van der Waals surface area (Å²) in [4.78, 5) is 0.303. The molecule has 0 heterocycles. The van der Waals surface area contributed by atoms with Crippen LogP contribution < -0.4 is 14.2 Å².